The molecule has 0 atom stereocenters. The molecule has 0 spiro atoms. The first kappa shape index (κ1) is 10.5. The minimum atomic E-state index is 0.213. The highest BCUT2D eigenvalue weighted by molar-refractivity contribution is 5.77. The smallest absolute Gasteiger partial charge is 0.128 e. The van der Waals surface area contributed by atoms with Crippen LogP contribution in [0, 0.1) is 12.3 Å². The van der Waals surface area contributed by atoms with Crippen LogP contribution in [0.15, 0.2) is 18.2 Å². The number of nitrogens with one attached hydrogen (secondary N) is 1. The first-order valence-electron chi connectivity index (χ1n) is 4.57. The van der Waals surface area contributed by atoms with Gasteiger partial charge in [0.15, 0.2) is 0 Å². The van der Waals surface area contributed by atoms with Crippen molar-refractivity contribution in [3.05, 3.63) is 23.9 Å². The zero-order valence-corrected chi connectivity index (χ0v) is 8.62. The van der Waals surface area contributed by atoms with E-state index in [-0.39, 0.29) is 5.84 Å². The number of rotatable bonds is 4. The van der Waals surface area contributed by atoms with Gasteiger partial charge in [-0.25, -0.2) is 4.98 Å². The average Bonchev–Trinajstić information content (AvgIpc) is 2.14. The summed E-state index contributed by atoms with van der Waals surface area (Å²) in [6.45, 7) is 2.69. The molecular weight excluding hydrogens is 176 g/mol. The van der Waals surface area contributed by atoms with Crippen molar-refractivity contribution in [1.82, 2.24) is 4.98 Å². The Labute approximate surface area is 84.3 Å². The van der Waals surface area contributed by atoms with E-state index in [1.54, 1.807) is 0 Å². The predicted octanol–water partition coefficient (Wildman–Crippen LogP) is 1.15. The third-order valence-corrected chi connectivity index (χ3v) is 1.98. The van der Waals surface area contributed by atoms with Crippen LogP contribution >= 0.6 is 0 Å². The summed E-state index contributed by atoms with van der Waals surface area (Å²) < 4.78 is 0. The molecule has 4 heteroatoms. The van der Waals surface area contributed by atoms with Gasteiger partial charge in [-0.2, -0.15) is 0 Å². The molecule has 0 saturated carbocycles. The highest BCUT2D eigenvalue weighted by Crippen LogP contribution is 2.08. The van der Waals surface area contributed by atoms with Gasteiger partial charge in [-0.15, -0.1) is 0 Å². The molecule has 0 amide bonds. The topological polar surface area (TPSA) is 66.0 Å². The van der Waals surface area contributed by atoms with Crippen molar-refractivity contribution in [2.45, 2.75) is 13.3 Å². The largest absolute Gasteiger partial charge is 0.388 e. The molecule has 0 radical (unpaired) electrons. The lowest BCUT2D eigenvalue weighted by Gasteiger charge is -2.17. The summed E-state index contributed by atoms with van der Waals surface area (Å²) in [5.74, 6) is 1.13. The summed E-state index contributed by atoms with van der Waals surface area (Å²) in [5.41, 5.74) is 6.28. The number of nitrogens with zero attached hydrogens (tertiary/aromatic N) is 2. The third-order valence-electron chi connectivity index (χ3n) is 1.98. The van der Waals surface area contributed by atoms with Gasteiger partial charge in [0.05, 0.1) is 5.84 Å². The first-order valence-corrected chi connectivity index (χ1v) is 4.57. The molecule has 0 fully saturated rings. The monoisotopic (exact) mass is 192 g/mol. The van der Waals surface area contributed by atoms with Crippen molar-refractivity contribution in [1.29, 1.82) is 5.41 Å². The maximum atomic E-state index is 7.12. The zero-order chi connectivity index (χ0) is 10.6. The number of aryl methyl sites for hydroxylation is 1. The Hall–Kier alpha value is -1.58. The number of hydrogen-bond acceptors (Lipinski definition) is 3. The molecule has 1 rings (SSSR count). The van der Waals surface area contributed by atoms with Gasteiger partial charge in [-0.1, -0.05) is 6.07 Å². The fraction of sp³-hybridized carbons (Fsp3) is 0.400. The van der Waals surface area contributed by atoms with Crippen LogP contribution in [0.25, 0.3) is 0 Å². The number of anilines is 1. The number of nitrogens with two attached hydrogens (primary N) is 1. The molecule has 0 aliphatic carbocycles. The quantitative estimate of drug-likeness (QED) is 0.555. The van der Waals surface area contributed by atoms with Gasteiger partial charge in [0.25, 0.3) is 0 Å². The lowest BCUT2D eigenvalue weighted by Crippen LogP contribution is -2.24. The van der Waals surface area contributed by atoms with E-state index < -0.39 is 0 Å². The predicted molar refractivity (Wildman–Crippen MR) is 58.8 cm³/mol. The molecule has 0 unspecified atom stereocenters. The molecule has 0 saturated heterocycles. The molecule has 0 aliphatic rings. The fourth-order valence-corrected chi connectivity index (χ4v) is 1.14. The van der Waals surface area contributed by atoms with Crippen molar-refractivity contribution in [3.8, 4) is 0 Å². The van der Waals surface area contributed by atoms with Crippen LogP contribution in [-0.4, -0.2) is 24.4 Å². The summed E-state index contributed by atoms with van der Waals surface area (Å²) >= 11 is 0. The van der Waals surface area contributed by atoms with E-state index in [0.717, 1.165) is 18.1 Å². The van der Waals surface area contributed by atoms with Gasteiger partial charge in [-0.05, 0) is 19.1 Å². The van der Waals surface area contributed by atoms with Gasteiger partial charge in [0.1, 0.15) is 5.82 Å². The van der Waals surface area contributed by atoms with Crippen molar-refractivity contribution in [3.63, 3.8) is 0 Å². The van der Waals surface area contributed by atoms with Crippen LogP contribution in [0.3, 0.4) is 0 Å². The molecule has 1 heterocycles. The van der Waals surface area contributed by atoms with Gasteiger partial charge in [0, 0.05) is 25.7 Å². The second kappa shape index (κ2) is 4.60. The average molecular weight is 192 g/mol. The maximum absolute atomic E-state index is 7.12. The second-order valence-corrected chi connectivity index (χ2v) is 3.33. The van der Waals surface area contributed by atoms with Crippen LogP contribution in [0.4, 0.5) is 5.82 Å². The number of hydrogen-bond donors (Lipinski definition) is 2. The molecule has 0 bridgehead atoms. The van der Waals surface area contributed by atoms with Crippen LogP contribution in [0.2, 0.25) is 0 Å². The van der Waals surface area contributed by atoms with Crippen LogP contribution < -0.4 is 10.6 Å². The van der Waals surface area contributed by atoms with Crippen molar-refractivity contribution >= 4 is 11.7 Å². The number of aromatic nitrogens is 1. The minimum absolute atomic E-state index is 0.213. The molecule has 14 heavy (non-hydrogen) atoms. The minimum Gasteiger partial charge on any atom is -0.388 e. The Morgan fingerprint density at radius 3 is 2.86 bits per heavy atom. The van der Waals surface area contributed by atoms with Crippen molar-refractivity contribution < 1.29 is 0 Å². The van der Waals surface area contributed by atoms with E-state index >= 15 is 0 Å². The highest BCUT2D eigenvalue weighted by Gasteiger charge is 2.02. The third kappa shape index (κ3) is 3.05. The lowest BCUT2D eigenvalue weighted by molar-refractivity contribution is 0.885. The fourth-order valence-electron chi connectivity index (χ4n) is 1.14. The molecule has 76 valence electrons. The molecule has 4 nitrogen and oxygen atoms in total. The van der Waals surface area contributed by atoms with Gasteiger partial charge in [-0.3, -0.25) is 5.41 Å². The molecule has 0 aliphatic heterocycles. The van der Waals surface area contributed by atoms with E-state index in [9.17, 15) is 0 Å². The van der Waals surface area contributed by atoms with E-state index in [1.165, 1.54) is 0 Å². The molecule has 1 aromatic heterocycles. The van der Waals surface area contributed by atoms with Crippen LogP contribution in [0.1, 0.15) is 12.1 Å². The zero-order valence-electron chi connectivity index (χ0n) is 8.62. The number of amidine groups is 1. The molecule has 0 aromatic carbocycles. The van der Waals surface area contributed by atoms with Gasteiger partial charge in [0.2, 0.25) is 0 Å². The van der Waals surface area contributed by atoms with E-state index in [1.807, 2.05) is 37.1 Å². The number of pyridine rings is 1. The summed E-state index contributed by atoms with van der Waals surface area (Å²) in [6, 6.07) is 5.89. The summed E-state index contributed by atoms with van der Waals surface area (Å²) in [4.78, 5) is 6.36. The Balaban J connectivity index is 2.60. The van der Waals surface area contributed by atoms with E-state index in [2.05, 4.69) is 4.98 Å². The Kier molecular flexibility index (Phi) is 3.45. The Bertz CT molecular complexity index is 322. The molecule has 1 aromatic rings. The Morgan fingerprint density at radius 2 is 2.29 bits per heavy atom. The second-order valence-electron chi connectivity index (χ2n) is 3.33. The summed E-state index contributed by atoms with van der Waals surface area (Å²) in [6.07, 6.45) is 0.576. The Morgan fingerprint density at radius 1 is 1.57 bits per heavy atom. The normalized spacial score (nSPS) is 9.86. The van der Waals surface area contributed by atoms with Gasteiger partial charge < -0.3 is 10.6 Å². The highest BCUT2D eigenvalue weighted by atomic mass is 15.2. The van der Waals surface area contributed by atoms with Gasteiger partial charge >= 0.3 is 0 Å². The molecular formula is C10H16N4. The SMILES string of the molecule is Cc1cccc(N(C)CCC(=N)N)n1. The summed E-state index contributed by atoms with van der Waals surface area (Å²) in [5, 5.41) is 7.12. The van der Waals surface area contributed by atoms with E-state index in [0.29, 0.717) is 6.42 Å². The maximum Gasteiger partial charge on any atom is 0.128 e. The van der Waals surface area contributed by atoms with Crippen molar-refractivity contribution in [2.75, 3.05) is 18.5 Å². The van der Waals surface area contributed by atoms with Crippen LogP contribution in [-0.2, 0) is 0 Å². The summed E-state index contributed by atoms with van der Waals surface area (Å²) in [7, 11) is 1.95. The van der Waals surface area contributed by atoms with E-state index in [4.69, 9.17) is 11.1 Å². The van der Waals surface area contributed by atoms with Crippen LogP contribution in [0.5, 0.6) is 0 Å². The standard InChI is InChI=1S/C10H16N4/c1-8-4-3-5-10(13-8)14(2)7-6-9(11)12/h3-5H,6-7H2,1-2H3,(H3,11,12). The molecule has 3 N–H and O–H groups in total. The first-order chi connectivity index (χ1) is 6.59. The lowest BCUT2D eigenvalue weighted by atomic mass is 10.3. The van der Waals surface area contributed by atoms with Crippen molar-refractivity contribution in [2.24, 2.45) is 5.73 Å².